The van der Waals surface area contributed by atoms with E-state index in [1.807, 2.05) is 0 Å². The third-order valence-electron chi connectivity index (χ3n) is 3.66. The van der Waals surface area contributed by atoms with E-state index in [0.717, 1.165) is 10.5 Å². The molecule has 2 aromatic rings. The normalized spacial score (nSPS) is 12.7. The van der Waals surface area contributed by atoms with Crippen LogP contribution in [0.3, 0.4) is 0 Å². The van der Waals surface area contributed by atoms with Gasteiger partial charge in [-0.1, -0.05) is 11.6 Å². The van der Waals surface area contributed by atoms with E-state index in [9.17, 15) is 9.59 Å². The van der Waals surface area contributed by atoms with Crippen LogP contribution in [0.2, 0.25) is 5.02 Å². The van der Waals surface area contributed by atoms with Crippen LogP contribution in [0.15, 0.2) is 41.3 Å². The third kappa shape index (κ3) is 2.86. The van der Waals surface area contributed by atoms with Crippen LogP contribution in [0.5, 0.6) is 0 Å². The maximum atomic E-state index is 12.7. The molecule has 6 heteroatoms. The maximum Gasteiger partial charge on any atom is 0.336 e. The molecule has 0 N–H and O–H groups in total. The quantitative estimate of drug-likeness (QED) is 0.358. The van der Waals surface area contributed by atoms with Crippen molar-refractivity contribution in [3.63, 3.8) is 0 Å². The lowest BCUT2D eigenvalue weighted by atomic mass is 9.97. The summed E-state index contributed by atoms with van der Waals surface area (Å²) < 4.78 is 0. The summed E-state index contributed by atoms with van der Waals surface area (Å²) >= 11 is 7.49. The summed E-state index contributed by atoms with van der Waals surface area (Å²) in [7, 11) is 0. The molecular formula is C17H11ClN2O2S. The highest BCUT2D eigenvalue weighted by Gasteiger charge is 2.24. The Bertz CT molecular complexity index is 901. The number of carbonyl (C=O) groups is 2. The van der Waals surface area contributed by atoms with Crippen LogP contribution in [0, 0.1) is 0 Å². The number of rotatable bonds is 2. The average Bonchev–Trinajstić information content (AvgIpc) is 2.70. The molecule has 1 heterocycles. The van der Waals surface area contributed by atoms with Crippen molar-refractivity contribution in [2.45, 2.75) is 17.6 Å². The van der Waals surface area contributed by atoms with Gasteiger partial charge in [-0.25, -0.2) is 0 Å². The van der Waals surface area contributed by atoms with Gasteiger partial charge in [0.15, 0.2) is 5.78 Å². The predicted molar refractivity (Wildman–Crippen MR) is 89.5 cm³/mol. The average molecular weight is 343 g/mol. The summed E-state index contributed by atoms with van der Waals surface area (Å²) in [6, 6.07) is 10.1. The third-order valence-corrected chi connectivity index (χ3v) is 5.00. The van der Waals surface area contributed by atoms with Crippen molar-refractivity contribution in [1.82, 2.24) is 0 Å². The first kappa shape index (κ1) is 15.7. The van der Waals surface area contributed by atoms with Gasteiger partial charge in [0.1, 0.15) is 0 Å². The SMILES string of the molecule is CC(=[N+]=[N-])C(=O)c1ccc2c(c1)SCc1cc(Cl)ccc1C2=O. The highest BCUT2D eigenvalue weighted by Crippen LogP contribution is 2.35. The van der Waals surface area contributed by atoms with Gasteiger partial charge in [0.2, 0.25) is 0 Å². The lowest BCUT2D eigenvalue weighted by Crippen LogP contribution is -2.12. The van der Waals surface area contributed by atoms with Crippen molar-refractivity contribution in [3.8, 4) is 0 Å². The summed E-state index contributed by atoms with van der Waals surface area (Å²) in [5.74, 6) is 0.149. The van der Waals surface area contributed by atoms with Gasteiger partial charge in [-0.3, -0.25) is 9.59 Å². The van der Waals surface area contributed by atoms with Gasteiger partial charge >= 0.3 is 5.71 Å². The number of hydrogen-bond acceptors (Lipinski definition) is 3. The van der Waals surface area contributed by atoms with Crippen molar-refractivity contribution in [1.29, 1.82) is 0 Å². The molecule has 0 amide bonds. The standard InChI is InChI=1S/C17H11ClN2O2S/c1-9(20-19)16(21)10-2-4-14-15(7-10)23-8-11-6-12(18)3-5-13(11)17(14)22/h2-7H,8H2,1H3. The Kier molecular flexibility index (Phi) is 4.18. The topological polar surface area (TPSA) is 70.5 Å². The zero-order chi connectivity index (χ0) is 16.6. The van der Waals surface area contributed by atoms with E-state index >= 15 is 0 Å². The lowest BCUT2D eigenvalue weighted by Gasteiger charge is -2.06. The minimum Gasteiger partial charge on any atom is -0.361 e. The largest absolute Gasteiger partial charge is 0.361 e. The Labute approximate surface area is 142 Å². The minimum absolute atomic E-state index is 0.00460. The van der Waals surface area contributed by atoms with E-state index in [1.54, 1.807) is 36.4 Å². The van der Waals surface area contributed by atoms with Crippen LogP contribution in [-0.2, 0) is 5.75 Å². The molecule has 3 rings (SSSR count). The molecule has 4 nitrogen and oxygen atoms in total. The van der Waals surface area contributed by atoms with Crippen LogP contribution in [-0.4, -0.2) is 22.1 Å². The maximum absolute atomic E-state index is 12.7. The molecule has 0 aliphatic carbocycles. The molecule has 1 aliphatic rings. The first-order valence-electron chi connectivity index (χ1n) is 6.84. The molecule has 0 spiro atoms. The van der Waals surface area contributed by atoms with Gasteiger partial charge in [0.25, 0.3) is 5.78 Å². The van der Waals surface area contributed by atoms with Crippen LogP contribution in [0.4, 0.5) is 0 Å². The summed E-state index contributed by atoms with van der Waals surface area (Å²) in [6.45, 7) is 1.43. The number of Topliss-reactive ketones (excluding diaryl/α,β-unsaturated/α-hetero) is 1. The zero-order valence-corrected chi connectivity index (χ0v) is 13.7. The van der Waals surface area contributed by atoms with E-state index in [1.165, 1.54) is 18.7 Å². The van der Waals surface area contributed by atoms with Gasteiger partial charge in [-0.15, -0.1) is 11.8 Å². The Hall–Kier alpha value is -2.20. The van der Waals surface area contributed by atoms with Crippen LogP contribution < -0.4 is 0 Å². The Morgan fingerprint density at radius 2 is 1.96 bits per heavy atom. The summed E-state index contributed by atoms with van der Waals surface area (Å²) in [5, 5.41) is 0.591. The second-order valence-electron chi connectivity index (χ2n) is 5.14. The first-order chi connectivity index (χ1) is 11.0. The number of fused-ring (bicyclic) bond motifs is 2. The number of hydrogen-bond donors (Lipinski definition) is 0. The minimum atomic E-state index is -0.367. The molecule has 0 unspecified atom stereocenters. The van der Waals surface area contributed by atoms with Gasteiger partial charge in [0, 0.05) is 39.3 Å². The molecule has 0 atom stereocenters. The van der Waals surface area contributed by atoms with Crippen molar-refractivity contribution >= 4 is 40.6 Å². The van der Waals surface area contributed by atoms with Crippen molar-refractivity contribution in [2.75, 3.05) is 0 Å². The zero-order valence-electron chi connectivity index (χ0n) is 12.2. The molecule has 0 aromatic heterocycles. The van der Waals surface area contributed by atoms with E-state index < -0.39 is 0 Å². The molecular weight excluding hydrogens is 332 g/mol. The molecule has 1 aliphatic heterocycles. The first-order valence-corrected chi connectivity index (χ1v) is 8.21. The molecule has 114 valence electrons. The fourth-order valence-corrected chi connectivity index (χ4v) is 3.70. The fourth-order valence-electron chi connectivity index (χ4n) is 2.43. The molecule has 0 radical (unpaired) electrons. The Balaban J connectivity index is 2.07. The Morgan fingerprint density at radius 1 is 1.22 bits per heavy atom. The van der Waals surface area contributed by atoms with Crippen molar-refractivity contribution in [3.05, 3.63) is 69.2 Å². The second-order valence-corrected chi connectivity index (χ2v) is 6.60. The Morgan fingerprint density at radius 3 is 2.70 bits per heavy atom. The van der Waals surface area contributed by atoms with Crippen molar-refractivity contribution < 1.29 is 14.4 Å². The van der Waals surface area contributed by atoms with Gasteiger partial charge in [0.05, 0.1) is 0 Å². The predicted octanol–water partition coefficient (Wildman–Crippen LogP) is 4.05. The van der Waals surface area contributed by atoms with E-state index in [0.29, 0.717) is 27.5 Å². The van der Waals surface area contributed by atoms with Gasteiger partial charge in [-0.2, -0.15) is 4.79 Å². The van der Waals surface area contributed by atoms with Crippen LogP contribution >= 0.6 is 23.4 Å². The molecule has 23 heavy (non-hydrogen) atoms. The fraction of sp³-hybridized carbons (Fsp3) is 0.118. The highest BCUT2D eigenvalue weighted by atomic mass is 35.5. The smallest absolute Gasteiger partial charge is 0.336 e. The number of nitrogens with zero attached hydrogens (tertiary/aromatic N) is 2. The molecule has 2 aromatic carbocycles. The molecule has 0 saturated carbocycles. The highest BCUT2D eigenvalue weighted by molar-refractivity contribution is 7.98. The summed E-state index contributed by atoms with van der Waals surface area (Å²) in [4.78, 5) is 28.5. The molecule has 0 bridgehead atoms. The van der Waals surface area contributed by atoms with Crippen LogP contribution in [0.25, 0.3) is 5.53 Å². The number of halogens is 1. The monoisotopic (exact) mass is 342 g/mol. The van der Waals surface area contributed by atoms with Crippen LogP contribution in [0.1, 0.15) is 38.8 Å². The molecule has 0 fully saturated rings. The van der Waals surface area contributed by atoms with Crippen molar-refractivity contribution in [2.24, 2.45) is 0 Å². The van der Waals surface area contributed by atoms with Gasteiger partial charge in [-0.05, 0) is 42.0 Å². The second kappa shape index (κ2) is 6.13. The number of ketones is 2. The van der Waals surface area contributed by atoms with Gasteiger partial charge < -0.3 is 5.53 Å². The van der Waals surface area contributed by atoms with E-state index in [-0.39, 0.29) is 17.3 Å². The molecule has 0 saturated heterocycles. The number of benzene rings is 2. The summed E-state index contributed by atoms with van der Waals surface area (Å²) in [6.07, 6.45) is 0. The van der Waals surface area contributed by atoms with E-state index in [2.05, 4.69) is 4.79 Å². The lowest BCUT2D eigenvalue weighted by molar-refractivity contribution is -0.00678. The van der Waals surface area contributed by atoms with E-state index in [4.69, 9.17) is 17.1 Å². The summed E-state index contributed by atoms with van der Waals surface area (Å²) in [5.41, 5.74) is 11.2. The number of carbonyl (C=O) groups excluding carboxylic acids is 2. The number of thioether (sulfide) groups is 1.